The van der Waals surface area contributed by atoms with Gasteiger partial charge in [0.05, 0.1) is 18.8 Å². The van der Waals surface area contributed by atoms with Gasteiger partial charge in [-0.05, 0) is 25.5 Å². The van der Waals surface area contributed by atoms with Gasteiger partial charge < -0.3 is 39.7 Å². The van der Waals surface area contributed by atoms with Crippen LogP contribution in [-0.4, -0.2) is 75.7 Å². The Morgan fingerprint density at radius 3 is 2.42 bits per heavy atom. The number of ketones is 1. The second-order valence-corrected chi connectivity index (χ2v) is 6.19. The van der Waals surface area contributed by atoms with Crippen molar-refractivity contribution in [2.75, 3.05) is 13.7 Å². The molecule has 1 saturated heterocycles. The number of phenols is 1. The minimum atomic E-state index is -1.59. The zero-order valence-electron chi connectivity index (χ0n) is 14.7. The average Bonchev–Trinajstić information content (AvgIpc) is 2.59. The van der Waals surface area contributed by atoms with Gasteiger partial charge in [-0.3, -0.25) is 4.79 Å². The maximum atomic E-state index is 11.8. The molecule has 26 heavy (non-hydrogen) atoms. The number of Topliss-reactive ketones (excluding diaryl/α,β-unsaturated/α-hetero) is 1. The molecule has 0 saturated carbocycles. The molecule has 0 spiro atoms. The Hall–Kier alpha value is -1.75. The molecule has 1 aliphatic heterocycles. The van der Waals surface area contributed by atoms with Crippen LogP contribution in [0.4, 0.5) is 0 Å². The van der Waals surface area contributed by atoms with Gasteiger partial charge in [0.25, 0.3) is 0 Å². The van der Waals surface area contributed by atoms with Crippen LogP contribution in [0.3, 0.4) is 0 Å². The fourth-order valence-electron chi connectivity index (χ4n) is 2.87. The molecule has 9 heteroatoms. The normalized spacial score (nSPS) is 28.8. The van der Waals surface area contributed by atoms with Crippen LogP contribution in [0.5, 0.6) is 11.5 Å². The summed E-state index contributed by atoms with van der Waals surface area (Å²) in [7, 11) is 1.43. The fourth-order valence-corrected chi connectivity index (χ4v) is 2.87. The maximum Gasteiger partial charge on any atom is 0.229 e. The molecule has 0 aliphatic carbocycles. The topological polar surface area (TPSA) is 146 Å². The Morgan fingerprint density at radius 2 is 1.88 bits per heavy atom. The van der Waals surface area contributed by atoms with Gasteiger partial charge in [0.15, 0.2) is 5.78 Å². The molecule has 0 aromatic heterocycles. The number of hydrogen-bond acceptors (Lipinski definition) is 9. The molecule has 0 amide bonds. The van der Waals surface area contributed by atoms with Crippen LogP contribution < -0.4 is 4.74 Å². The quantitative estimate of drug-likeness (QED) is 0.406. The summed E-state index contributed by atoms with van der Waals surface area (Å²) < 4.78 is 15.9. The number of aliphatic hydroxyl groups excluding tert-OH is 4. The van der Waals surface area contributed by atoms with E-state index in [1.165, 1.54) is 27.0 Å². The van der Waals surface area contributed by atoms with E-state index >= 15 is 0 Å². The minimum Gasteiger partial charge on any atom is -0.507 e. The van der Waals surface area contributed by atoms with E-state index in [1.54, 1.807) is 0 Å². The number of aromatic hydroxyl groups is 1. The lowest BCUT2D eigenvalue weighted by Crippen LogP contribution is -2.60. The third-order valence-corrected chi connectivity index (χ3v) is 4.33. The smallest absolute Gasteiger partial charge is 0.229 e. The van der Waals surface area contributed by atoms with Gasteiger partial charge in [-0.15, -0.1) is 0 Å². The molecule has 1 aliphatic rings. The predicted octanol–water partition coefficient (Wildman–Crippen LogP) is -0.772. The molecular weight excluding hydrogens is 348 g/mol. The van der Waals surface area contributed by atoms with Crippen molar-refractivity contribution in [3.63, 3.8) is 0 Å². The van der Waals surface area contributed by atoms with Crippen molar-refractivity contribution >= 4 is 5.78 Å². The largest absolute Gasteiger partial charge is 0.507 e. The van der Waals surface area contributed by atoms with Crippen molar-refractivity contribution in [1.82, 2.24) is 0 Å². The van der Waals surface area contributed by atoms with Gasteiger partial charge in [0.2, 0.25) is 6.29 Å². The number of rotatable bonds is 6. The van der Waals surface area contributed by atoms with Gasteiger partial charge >= 0.3 is 0 Å². The molecule has 1 aromatic carbocycles. The van der Waals surface area contributed by atoms with Gasteiger partial charge in [-0.25, -0.2) is 0 Å². The van der Waals surface area contributed by atoms with Crippen molar-refractivity contribution in [1.29, 1.82) is 0 Å². The molecule has 1 aromatic rings. The van der Waals surface area contributed by atoms with Crippen molar-refractivity contribution < 1.29 is 44.5 Å². The summed E-state index contributed by atoms with van der Waals surface area (Å²) in [6.45, 7) is 2.27. The molecular formula is C17H24O9. The number of ether oxygens (including phenoxy) is 3. The number of hydrogen-bond donors (Lipinski definition) is 5. The summed E-state index contributed by atoms with van der Waals surface area (Å²) >= 11 is 0. The summed E-state index contributed by atoms with van der Waals surface area (Å²) in [5.74, 6) is -0.535. The summed E-state index contributed by atoms with van der Waals surface area (Å²) in [5.41, 5.74) is 0.709. The van der Waals surface area contributed by atoms with Crippen LogP contribution >= 0.6 is 0 Å². The highest BCUT2D eigenvalue weighted by atomic mass is 16.7. The van der Waals surface area contributed by atoms with Crippen molar-refractivity contribution in [3.05, 3.63) is 22.8 Å². The molecule has 1 fully saturated rings. The molecule has 146 valence electrons. The number of aliphatic hydroxyl groups is 4. The minimum absolute atomic E-state index is 0.0355. The molecule has 5 N–H and O–H groups in total. The Balaban J connectivity index is 2.38. The Morgan fingerprint density at radius 1 is 1.23 bits per heavy atom. The molecule has 0 radical (unpaired) electrons. The van der Waals surface area contributed by atoms with Gasteiger partial charge in [0.1, 0.15) is 35.9 Å². The lowest BCUT2D eigenvalue weighted by molar-refractivity contribution is -0.277. The molecule has 9 nitrogen and oxygen atoms in total. The van der Waals surface area contributed by atoms with Crippen molar-refractivity contribution in [3.8, 4) is 11.5 Å². The summed E-state index contributed by atoms with van der Waals surface area (Å²) in [5, 5.41) is 49.3. The van der Waals surface area contributed by atoms with Gasteiger partial charge in [0, 0.05) is 12.7 Å². The monoisotopic (exact) mass is 372 g/mol. The SMILES string of the molecule is COCc1cc(O[C@@H]2O[C@H](CO)[C@@H](O)[C@H](O)[C@H]2O)c(C)c(O)c1C(C)=O. The standard InChI is InChI=1S/C17H24O9/c1-7-10(4-9(6-24-3)12(8(2)19)13(7)20)25-17-16(23)15(22)14(21)11(5-18)26-17/h4,11,14-18,20-23H,5-6H2,1-3H3/t11-,14-,15+,16-,17-/m1/s1. The highest BCUT2D eigenvalue weighted by molar-refractivity contribution is 5.99. The number of phenolic OH excluding ortho intramolecular Hbond substituents is 1. The molecule has 1 heterocycles. The van der Waals surface area contributed by atoms with E-state index in [9.17, 15) is 30.3 Å². The first-order chi connectivity index (χ1) is 12.2. The second-order valence-electron chi connectivity index (χ2n) is 6.19. The third kappa shape index (κ3) is 3.83. The Bertz CT molecular complexity index is 658. The van der Waals surface area contributed by atoms with Crippen LogP contribution in [0.2, 0.25) is 0 Å². The number of carbonyl (C=O) groups is 1. The number of benzene rings is 1. The Labute approximate surface area is 150 Å². The lowest BCUT2D eigenvalue weighted by Gasteiger charge is -2.39. The molecule has 0 unspecified atom stereocenters. The summed E-state index contributed by atoms with van der Waals surface area (Å²) in [6, 6.07) is 1.47. The van der Waals surface area contributed by atoms with Crippen LogP contribution in [-0.2, 0) is 16.1 Å². The lowest BCUT2D eigenvalue weighted by atomic mass is 9.98. The highest BCUT2D eigenvalue weighted by Crippen LogP contribution is 2.36. The highest BCUT2D eigenvalue weighted by Gasteiger charge is 2.45. The second kappa shape index (κ2) is 8.30. The van der Waals surface area contributed by atoms with Crippen LogP contribution in [0.15, 0.2) is 6.07 Å². The summed E-state index contributed by atoms with van der Waals surface area (Å²) in [4.78, 5) is 11.8. The van der Waals surface area contributed by atoms with E-state index in [4.69, 9.17) is 14.2 Å². The number of carbonyl (C=O) groups excluding carboxylic acids is 1. The predicted molar refractivity (Wildman–Crippen MR) is 88.0 cm³/mol. The van der Waals surface area contributed by atoms with E-state index < -0.39 is 37.3 Å². The molecule has 2 rings (SSSR count). The van der Waals surface area contributed by atoms with Crippen LogP contribution in [0.25, 0.3) is 0 Å². The van der Waals surface area contributed by atoms with E-state index in [0.29, 0.717) is 5.56 Å². The zero-order chi connectivity index (χ0) is 19.6. The number of methoxy groups -OCH3 is 1. The van der Waals surface area contributed by atoms with E-state index in [-0.39, 0.29) is 35.0 Å². The van der Waals surface area contributed by atoms with Crippen molar-refractivity contribution in [2.45, 2.75) is 51.2 Å². The van der Waals surface area contributed by atoms with Crippen molar-refractivity contribution in [2.24, 2.45) is 0 Å². The first kappa shape index (κ1) is 20.6. The van der Waals surface area contributed by atoms with Crippen LogP contribution in [0.1, 0.15) is 28.4 Å². The third-order valence-electron chi connectivity index (χ3n) is 4.33. The zero-order valence-corrected chi connectivity index (χ0v) is 14.7. The molecule has 5 atom stereocenters. The van der Waals surface area contributed by atoms with E-state index in [1.807, 2.05) is 0 Å². The summed E-state index contributed by atoms with van der Waals surface area (Å²) in [6.07, 6.45) is -7.21. The van der Waals surface area contributed by atoms with Crippen LogP contribution in [0, 0.1) is 6.92 Å². The Kier molecular flexibility index (Phi) is 6.56. The van der Waals surface area contributed by atoms with E-state index in [2.05, 4.69) is 0 Å². The molecule has 0 bridgehead atoms. The van der Waals surface area contributed by atoms with Gasteiger partial charge in [-0.1, -0.05) is 0 Å². The van der Waals surface area contributed by atoms with E-state index in [0.717, 1.165) is 0 Å². The maximum absolute atomic E-state index is 11.8. The average molecular weight is 372 g/mol. The fraction of sp³-hybridized carbons (Fsp3) is 0.588. The first-order valence-corrected chi connectivity index (χ1v) is 8.05. The first-order valence-electron chi connectivity index (χ1n) is 8.05. The van der Waals surface area contributed by atoms with Gasteiger partial charge in [-0.2, -0.15) is 0 Å².